The highest BCUT2D eigenvalue weighted by molar-refractivity contribution is 5.79. The summed E-state index contributed by atoms with van der Waals surface area (Å²) in [7, 11) is 1.41. The van der Waals surface area contributed by atoms with Gasteiger partial charge in [-0.2, -0.15) is 5.26 Å². The van der Waals surface area contributed by atoms with Crippen LogP contribution in [0, 0.1) is 17.1 Å². The smallest absolute Gasteiger partial charge is 0.237 e. The molecule has 0 fully saturated rings. The number of nitriles is 1. The number of anilines is 1. The number of benzene rings is 1. The number of aromatic nitrogens is 1. The second-order valence-electron chi connectivity index (χ2n) is 6.58. The van der Waals surface area contributed by atoms with E-state index in [0.29, 0.717) is 23.5 Å². The summed E-state index contributed by atoms with van der Waals surface area (Å²) in [4.78, 5) is 18.4. The van der Waals surface area contributed by atoms with E-state index in [1.807, 2.05) is 31.7 Å². The largest absolute Gasteiger partial charge is 0.493 e. The Kier molecular flexibility index (Phi) is 8.32. The van der Waals surface area contributed by atoms with Gasteiger partial charge in [-0.1, -0.05) is 12.1 Å². The third-order valence-corrected chi connectivity index (χ3v) is 4.57. The van der Waals surface area contributed by atoms with Crippen LogP contribution in [0.3, 0.4) is 0 Å². The van der Waals surface area contributed by atoms with Gasteiger partial charge in [0, 0.05) is 36.2 Å². The molecule has 158 valence electrons. The third-order valence-electron chi connectivity index (χ3n) is 4.57. The molecule has 8 heteroatoms. The van der Waals surface area contributed by atoms with Crippen LogP contribution in [0.5, 0.6) is 5.75 Å². The molecule has 0 saturated carbocycles. The van der Waals surface area contributed by atoms with Crippen LogP contribution >= 0.6 is 0 Å². The van der Waals surface area contributed by atoms with Crippen molar-refractivity contribution >= 4 is 11.7 Å². The maximum absolute atomic E-state index is 13.8. The highest BCUT2D eigenvalue weighted by Crippen LogP contribution is 2.27. The molecular weight excluding hydrogens is 385 g/mol. The third kappa shape index (κ3) is 5.78. The van der Waals surface area contributed by atoms with Crippen LogP contribution in [0.15, 0.2) is 48.4 Å². The molecule has 1 unspecified atom stereocenters. The monoisotopic (exact) mass is 411 g/mol. The van der Waals surface area contributed by atoms with Gasteiger partial charge in [0.05, 0.1) is 19.2 Å². The Morgan fingerprint density at radius 1 is 1.40 bits per heavy atom. The molecule has 0 aliphatic heterocycles. The number of pyridine rings is 1. The second-order valence-corrected chi connectivity index (χ2v) is 6.58. The van der Waals surface area contributed by atoms with E-state index in [-0.39, 0.29) is 24.2 Å². The van der Waals surface area contributed by atoms with Gasteiger partial charge in [-0.15, -0.1) is 0 Å². The molecule has 7 nitrogen and oxygen atoms in total. The number of nitrogens with one attached hydrogen (secondary N) is 2. The van der Waals surface area contributed by atoms with Crippen molar-refractivity contribution in [1.29, 1.82) is 5.26 Å². The molecule has 2 aromatic rings. The Balaban J connectivity index is 1.96. The number of nitrogens with zero attached hydrogens (tertiary/aromatic N) is 3. The standard InChI is InChI=1S/C22H26FN5O2/c1-5-28(20-10-9-17(11-24)13-26-20)15(2)12-27-21(29)14-25-16(3)18-7-6-8-19(23)22(18)30-4/h6-10,12-13,16,25H,5,14H2,1-4H3,(H,27,29)/b15-12+. The second kappa shape index (κ2) is 10.9. The van der Waals surface area contributed by atoms with E-state index in [0.717, 1.165) is 5.70 Å². The van der Waals surface area contributed by atoms with Crippen molar-refractivity contribution in [3.05, 3.63) is 65.4 Å². The lowest BCUT2D eigenvalue weighted by atomic mass is 10.1. The molecule has 1 amide bonds. The Morgan fingerprint density at radius 3 is 2.77 bits per heavy atom. The van der Waals surface area contributed by atoms with E-state index < -0.39 is 5.82 Å². The van der Waals surface area contributed by atoms with E-state index in [1.54, 1.807) is 30.5 Å². The number of carbonyl (C=O) groups is 1. The van der Waals surface area contributed by atoms with Gasteiger partial charge in [-0.3, -0.25) is 4.79 Å². The first-order valence-electron chi connectivity index (χ1n) is 9.56. The van der Waals surface area contributed by atoms with Crippen LogP contribution in [0.4, 0.5) is 10.2 Å². The number of hydrogen-bond acceptors (Lipinski definition) is 6. The fourth-order valence-electron chi connectivity index (χ4n) is 2.96. The zero-order valence-electron chi connectivity index (χ0n) is 17.6. The summed E-state index contributed by atoms with van der Waals surface area (Å²) >= 11 is 0. The lowest BCUT2D eigenvalue weighted by Crippen LogP contribution is -2.33. The van der Waals surface area contributed by atoms with Crippen molar-refractivity contribution in [2.75, 3.05) is 25.1 Å². The molecule has 2 N–H and O–H groups in total. The average molecular weight is 411 g/mol. The highest BCUT2D eigenvalue weighted by Gasteiger charge is 2.15. The van der Waals surface area contributed by atoms with Crippen molar-refractivity contribution in [2.24, 2.45) is 0 Å². The summed E-state index contributed by atoms with van der Waals surface area (Å²) < 4.78 is 19.0. The van der Waals surface area contributed by atoms with Gasteiger partial charge >= 0.3 is 0 Å². The summed E-state index contributed by atoms with van der Waals surface area (Å²) in [6.45, 7) is 6.35. The number of methoxy groups -OCH3 is 1. The molecule has 0 aliphatic carbocycles. The zero-order chi connectivity index (χ0) is 22.1. The minimum absolute atomic E-state index is 0.0475. The van der Waals surface area contributed by atoms with Crippen LogP contribution in [0.2, 0.25) is 0 Å². The lowest BCUT2D eigenvalue weighted by molar-refractivity contribution is -0.119. The maximum Gasteiger partial charge on any atom is 0.237 e. The van der Waals surface area contributed by atoms with Crippen LogP contribution < -0.4 is 20.3 Å². The van der Waals surface area contributed by atoms with Crippen LogP contribution in [-0.2, 0) is 4.79 Å². The first-order valence-corrected chi connectivity index (χ1v) is 9.56. The van der Waals surface area contributed by atoms with E-state index in [2.05, 4.69) is 15.6 Å². The fraction of sp³-hybridized carbons (Fsp3) is 0.318. The predicted octanol–water partition coefficient (Wildman–Crippen LogP) is 3.26. The van der Waals surface area contributed by atoms with E-state index >= 15 is 0 Å². The minimum atomic E-state index is -0.442. The lowest BCUT2D eigenvalue weighted by Gasteiger charge is -2.22. The van der Waals surface area contributed by atoms with E-state index in [9.17, 15) is 9.18 Å². The van der Waals surface area contributed by atoms with Gasteiger partial charge in [-0.25, -0.2) is 9.37 Å². The summed E-state index contributed by atoms with van der Waals surface area (Å²) in [6, 6.07) is 9.91. The number of para-hydroxylation sites is 1. The van der Waals surface area contributed by atoms with Crippen LogP contribution in [0.1, 0.15) is 37.9 Å². The summed E-state index contributed by atoms with van der Waals surface area (Å²) in [5, 5.41) is 14.7. The minimum Gasteiger partial charge on any atom is -0.493 e. The number of rotatable bonds is 9. The van der Waals surface area contributed by atoms with Crippen molar-refractivity contribution in [3.63, 3.8) is 0 Å². The van der Waals surface area contributed by atoms with E-state index in [1.165, 1.54) is 19.4 Å². The molecule has 0 spiro atoms. The van der Waals surface area contributed by atoms with Gasteiger partial charge in [0.15, 0.2) is 11.6 Å². The number of hydrogen-bond donors (Lipinski definition) is 2. The zero-order valence-corrected chi connectivity index (χ0v) is 17.6. The topological polar surface area (TPSA) is 90.3 Å². The van der Waals surface area contributed by atoms with Crippen molar-refractivity contribution in [3.8, 4) is 11.8 Å². The first-order chi connectivity index (χ1) is 14.4. The predicted molar refractivity (Wildman–Crippen MR) is 113 cm³/mol. The molecule has 0 aliphatic rings. The van der Waals surface area contributed by atoms with Crippen LogP contribution in [0.25, 0.3) is 0 Å². The number of halogens is 1. The normalized spacial score (nSPS) is 12.1. The SMILES string of the molecule is CCN(/C(C)=C/NC(=O)CNC(C)c1cccc(F)c1OC)c1ccc(C#N)cn1. The fourth-order valence-corrected chi connectivity index (χ4v) is 2.96. The Bertz CT molecular complexity index is 938. The summed E-state index contributed by atoms with van der Waals surface area (Å²) in [5.74, 6) is 0.176. The Labute approximate surface area is 176 Å². The van der Waals surface area contributed by atoms with Gasteiger partial charge in [0.25, 0.3) is 0 Å². The summed E-state index contributed by atoms with van der Waals surface area (Å²) in [5.41, 5.74) is 1.92. The van der Waals surface area contributed by atoms with Gasteiger partial charge < -0.3 is 20.3 Å². The van der Waals surface area contributed by atoms with Crippen molar-refractivity contribution in [2.45, 2.75) is 26.8 Å². The molecule has 0 bridgehead atoms. The maximum atomic E-state index is 13.8. The van der Waals surface area contributed by atoms with Crippen molar-refractivity contribution in [1.82, 2.24) is 15.6 Å². The van der Waals surface area contributed by atoms with E-state index in [4.69, 9.17) is 10.00 Å². The Morgan fingerprint density at radius 2 is 2.17 bits per heavy atom. The van der Waals surface area contributed by atoms with Gasteiger partial charge in [0.2, 0.25) is 5.91 Å². The molecule has 1 aromatic heterocycles. The molecular formula is C22H26FN5O2. The average Bonchev–Trinajstić information content (AvgIpc) is 2.76. The number of amides is 1. The van der Waals surface area contributed by atoms with Crippen LogP contribution in [-0.4, -0.2) is 31.1 Å². The Hall–Kier alpha value is -3.44. The van der Waals surface area contributed by atoms with Gasteiger partial charge in [0.1, 0.15) is 11.9 Å². The quantitative estimate of drug-likeness (QED) is 0.658. The van der Waals surface area contributed by atoms with Crippen molar-refractivity contribution < 1.29 is 13.9 Å². The summed E-state index contributed by atoms with van der Waals surface area (Å²) in [6.07, 6.45) is 3.12. The number of carbonyl (C=O) groups excluding carboxylic acids is 1. The molecule has 30 heavy (non-hydrogen) atoms. The highest BCUT2D eigenvalue weighted by atomic mass is 19.1. The number of ether oxygens (including phenoxy) is 1. The number of allylic oxidation sites excluding steroid dienone is 1. The molecule has 0 radical (unpaired) electrons. The molecule has 2 rings (SSSR count). The molecule has 1 aromatic carbocycles. The molecule has 1 heterocycles. The molecule has 0 saturated heterocycles. The molecule has 1 atom stereocenters. The van der Waals surface area contributed by atoms with Gasteiger partial charge in [-0.05, 0) is 39.0 Å². The first kappa shape index (κ1) is 22.8.